The zero-order valence-corrected chi connectivity index (χ0v) is 14.3. The molecule has 0 aliphatic carbocycles. The lowest BCUT2D eigenvalue weighted by molar-refractivity contribution is -0.152. The fraction of sp³-hybridized carbons (Fsp3) is 0.867. The molecule has 122 valence electrons. The van der Waals surface area contributed by atoms with E-state index < -0.39 is 23.1 Å². The van der Waals surface area contributed by atoms with E-state index >= 15 is 0 Å². The molecule has 0 aromatic carbocycles. The Bertz CT molecular complexity index is 380. The maximum absolute atomic E-state index is 12.2. The highest BCUT2D eigenvalue weighted by Crippen LogP contribution is 2.36. The molecule has 0 aromatic heterocycles. The lowest BCUT2D eigenvalue weighted by atomic mass is 9.76. The second-order valence-corrected chi connectivity index (χ2v) is 7.67. The molecule has 1 N–H and O–H groups in total. The van der Waals surface area contributed by atoms with Crippen LogP contribution in [-0.4, -0.2) is 52.8 Å². The summed E-state index contributed by atoms with van der Waals surface area (Å²) in [6.07, 6.45) is 4.43. The molecular formula is C15H27NO4S. The van der Waals surface area contributed by atoms with Gasteiger partial charge >= 0.3 is 12.1 Å². The first-order valence-electron chi connectivity index (χ1n) is 7.40. The van der Waals surface area contributed by atoms with E-state index in [4.69, 9.17) is 4.74 Å². The summed E-state index contributed by atoms with van der Waals surface area (Å²) in [4.78, 5) is 25.5. The van der Waals surface area contributed by atoms with Crippen LogP contribution in [0.3, 0.4) is 0 Å². The zero-order valence-electron chi connectivity index (χ0n) is 13.5. The SMILES string of the molecule is CSCCCC1(C(=O)O)CCCN(C(=O)OC(C)(C)C)C1. The minimum Gasteiger partial charge on any atom is -0.481 e. The van der Waals surface area contributed by atoms with Gasteiger partial charge < -0.3 is 14.7 Å². The van der Waals surface area contributed by atoms with Gasteiger partial charge in [-0.3, -0.25) is 4.79 Å². The number of thioether (sulfide) groups is 1. The molecule has 0 bridgehead atoms. The third kappa shape index (κ3) is 5.41. The van der Waals surface area contributed by atoms with Crippen LogP contribution in [0.15, 0.2) is 0 Å². The van der Waals surface area contributed by atoms with Gasteiger partial charge in [0.15, 0.2) is 0 Å². The number of carbonyl (C=O) groups excluding carboxylic acids is 1. The van der Waals surface area contributed by atoms with Crippen LogP contribution in [-0.2, 0) is 9.53 Å². The summed E-state index contributed by atoms with van der Waals surface area (Å²) in [5, 5.41) is 9.63. The molecule has 1 saturated heterocycles. The van der Waals surface area contributed by atoms with Crippen molar-refractivity contribution in [3.05, 3.63) is 0 Å². The smallest absolute Gasteiger partial charge is 0.410 e. The predicted octanol–water partition coefficient (Wildman–Crippen LogP) is 3.23. The molecule has 1 atom stereocenters. The van der Waals surface area contributed by atoms with Gasteiger partial charge in [0.2, 0.25) is 0 Å². The van der Waals surface area contributed by atoms with Crippen LogP contribution in [0.4, 0.5) is 4.79 Å². The maximum Gasteiger partial charge on any atom is 0.410 e. The van der Waals surface area contributed by atoms with E-state index in [1.807, 2.05) is 27.0 Å². The number of nitrogens with zero attached hydrogens (tertiary/aromatic N) is 1. The van der Waals surface area contributed by atoms with Gasteiger partial charge in [-0.1, -0.05) is 0 Å². The monoisotopic (exact) mass is 317 g/mol. The molecule has 6 heteroatoms. The Kier molecular flexibility index (Phi) is 6.38. The highest BCUT2D eigenvalue weighted by atomic mass is 32.2. The van der Waals surface area contributed by atoms with Crippen LogP contribution in [0.5, 0.6) is 0 Å². The van der Waals surface area contributed by atoms with Gasteiger partial charge in [-0.2, -0.15) is 11.8 Å². The number of carboxylic acid groups (broad SMARTS) is 1. The van der Waals surface area contributed by atoms with E-state index in [2.05, 4.69) is 0 Å². The van der Waals surface area contributed by atoms with Crippen molar-refractivity contribution in [1.82, 2.24) is 4.90 Å². The van der Waals surface area contributed by atoms with Crippen molar-refractivity contribution in [2.75, 3.05) is 25.1 Å². The van der Waals surface area contributed by atoms with Gasteiger partial charge in [0.25, 0.3) is 0 Å². The number of ether oxygens (including phenoxy) is 1. The summed E-state index contributed by atoms with van der Waals surface area (Å²) >= 11 is 1.72. The van der Waals surface area contributed by atoms with Crippen LogP contribution in [0.1, 0.15) is 46.5 Å². The third-order valence-corrected chi connectivity index (χ3v) is 4.38. The number of piperidine rings is 1. The van der Waals surface area contributed by atoms with E-state index in [1.165, 1.54) is 0 Å². The van der Waals surface area contributed by atoms with Crippen LogP contribution < -0.4 is 0 Å². The van der Waals surface area contributed by atoms with Gasteiger partial charge in [0.1, 0.15) is 5.60 Å². The largest absolute Gasteiger partial charge is 0.481 e. The Morgan fingerprint density at radius 1 is 1.38 bits per heavy atom. The summed E-state index contributed by atoms with van der Waals surface area (Å²) in [5.41, 5.74) is -1.37. The second-order valence-electron chi connectivity index (χ2n) is 6.69. The zero-order chi connectivity index (χ0) is 16.1. The standard InChI is InChI=1S/C15H27NO4S/c1-14(2,3)20-13(19)16-9-5-7-15(11-16,12(17)18)8-6-10-21-4/h5-11H2,1-4H3,(H,17,18). The minimum atomic E-state index is -0.815. The number of carboxylic acids is 1. The average Bonchev–Trinajstić information content (AvgIpc) is 2.37. The Morgan fingerprint density at radius 3 is 2.57 bits per heavy atom. The summed E-state index contributed by atoms with van der Waals surface area (Å²) in [5.74, 6) is 0.151. The molecule has 1 amide bonds. The van der Waals surface area contributed by atoms with Gasteiger partial charge in [-0.05, 0) is 58.5 Å². The highest BCUT2D eigenvalue weighted by molar-refractivity contribution is 7.98. The van der Waals surface area contributed by atoms with Crippen LogP contribution in [0, 0.1) is 5.41 Å². The van der Waals surface area contributed by atoms with Crippen molar-refractivity contribution >= 4 is 23.8 Å². The Labute approximate surface area is 131 Å². The molecule has 21 heavy (non-hydrogen) atoms. The number of aliphatic carboxylic acids is 1. The fourth-order valence-corrected chi connectivity index (χ4v) is 3.09. The van der Waals surface area contributed by atoms with Crippen LogP contribution in [0.2, 0.25) is 0 Å². The van der Waals surface area contributed by atoms with Gasteiger partial charge in [0, 0.05) is 13.1 Å². The molecule has 1 unspecified atom stereocenters. The number of likely N-dealkylation sites (tertiary alicyclic amines) is 1. The van der Waals surface area contributed by atoms with E-state index in [0.717, 1.165) is 12.2 Å². The third-order valence-electron chi connectivity index (χ3n) is 3.69. The first-order chi connectivity index (χ1) is 9.70. The molecule has 1 fully saturated rings. The molecule has 1 heterocycles. The van der Waals surface area contributed by atoms with Crippen molar-refractivity contribution in [3.63, 3.8) is 0 Å². The molecule has 1 rings (SSSR count). The summed E-state index contributed by atoms with van der Waals surface area (Å²) in [6.45, 7) is 6.28. The van der Waals surface area contributed by atoms with Crippen LogP contribution in [0.25, 0.3) is 0 Å². The summed E-state index contributed by atoms with van der Waals surface area (Å²) in [7, 11) is 0. The minimum absolute atomic E-state index is 0.256. The number of rotatable bonds is 5. The van der Waals surface area contributed by atoms with E-state index in [-0.39, 0.29) is 6.54 Å². The molecule has 0 aromatic rings. The van der Waals surface area contributed by atoms with Crippen molar-refractivity contribution in [3.8, 4) is 0 Å². The first-order valence-corrected chi connectivity index (χ1v) is 8.80. The molecular weight excluding hydrogens is 290 g/mol. The summed E-state index contributed by atoms with van der Waals surface area (Å²) in [6, 6.07) is 0. The van der Waals surface area contributed by atoms with Crippen molar-refractivity contribution in [2.45, 2.75) is 52.1 Å². The van der Waals surface area contributed by atoms with Gasteiger partial charge in [-0.15, -0.1) is 0 Å². The molecule has 1 aliphatic heterocycles. The van der Waals surface area contributed by atoms with E-state index in [0.29, 0.717) is 25.8 Å². The van der Waals surface area contributed by atoms with Crippen molar-refractivity contribution in [2.24, 2.45) is 5.41 Å². The lowest BCUT2D eigenvalue weighted by Gasteiger charge is -2.40. The number of hydrogen-bond donors (Lipinski definition) is 1. The quantitative estimate of drug-likeness (QED) is 0.789. The topological polar surface area (TPSA) is 66.8 Å². The molecule has 1 aliphatic rings. The van der Waals surface area contributed by atoms with Gasteiger partial charge in [-0.25, -0.2) is 4.79 Å². The number of hydrogen-bond acceptors (Lipinski definition) is 4. The fourth-order valence-electron chi connectivity index (χ4n) is 2.65. The maximum atomic E-state index is 12.2. The van der Waals surface area contributed by atoms with Crippen molar-refractivity contribution in [1.29, 1.82) is 0 Å². The molecule has 0 spiro atoms. The molecule has 5 nitrogen and oxygen atoms in total. The Balaban J connectivity index is 2.74. The van der Waals surface area contributed by atoms with Crippen molar-refractivity contribution < 1.29 is 19.4 Å². The van der Waals surface area contributed by atoms with E-state index in [1.54, 1.807) is 16.7 Å². The normalized spacial score (nSPS) is 23.0. The highest BCUT2D eigenvalue weighted by Gasteiger charge is 2.43. The molecule has 0 saturated carbocycles. The Morgan fingerprint density at radius 2 is 2.05 bits per heavy atom. The lowest BCUT2D eigenvalue weighted by Crippen LogP contribution is -2.51. The van der Waals surface area contributed by atoms with E-state index in [9.17, 15) is 14.7 Å². The number of amides is 1. The van der Waals surface area contributed by atoms with Crippen LogP contribution >= 0.6 is 11.8 Å². The van der Waals surface area contributed by atoms with Gasteiger partial charge in [0.05, 0.1) is 5.41 Å². The molecule has 0 radical (unpaired) electrons. The average molecular weight is 317 g/mol. The summed E-state index contributed by atoms with van der Waals surface area (Å²) < 4.78 is 5.37. The second kappa shape index (κ2) is 7.38. The predicted molar refractivity (Wildman–Crippen MR) is 84.7 cm³/mol. The first kappa shape index (κ1) is 18.1. The Hall–Kier alpha value is -0.910. The number of carbonyl (C=O) groups is 2.